The molecule has 0 aromatic heterocycles. The molecule has 144 valence electrons. The van der Waals surface area contributed by atoms with E-state index in [2.05, 4.69) is 8.37 Å². The van der Waals surface area contributed by atoms with Crippen molar-refractivity contribution in [3.63, 3.8) is 0 Å². The SMILES string of the molecule is CC1(C)C(COS(=O)(=O)O)OCC(NS(=O)(=O)O)C1OS(=O)(=O)O. The zero-order chi connectivity index (χ0) is 19.0. The number of ether oxygens (including phenoxy) is 1. The maximum absolute atomic E-state index is 11.0. The average molecular weight is 415 g/mol. The minimum Gasteiger partial charge on any atom is -0.373 e. The van der Waals surface area contributed by atoms with Crippen molar-refractivity contribution in [1.82, 2.24) is 4.72 Å². The minimum absolute atomic E-state index is 0.553. The highest BCUT2D eigenvalue weighted by Crippen LogP contribution is 2.37. The largest absolute Gasteiger partial charge is 0.397 e. The lowest BCUT2D eigenvalue weighted by molar-refractivity contribution is -0.152. The van der Waals surface area contributed by atoms with Gasteiger partial charge in [0, 0.05) is 5.41 Å². The smallest absolute Gasteiger partial charge is 0.373 e. The molecule has 0 saturated carbocycles. The van der Waals surface area contributed by atoms with Crippen molar-refractivity contribution < 1.29 is 52.0 Å². The number of nitrogens with one attached hydrogen (secondary N) is 1. The molecule has 4 N–H and O–H groups in total. The first-order valence-electron chi connectivity index (χ1n) is 6.15. The third kappa shape index (κ3) is 6.82. The second kappa shape index (κ2) is 7.06. The van der Waals surface area contributed by atoms with Gasteiger partial charge in [0.1, 0.15) is 6.10 Å². The van der Waals surface area contributed by atoms with Crippen LogP contribution in [0.1, 0.15) is 13.8 Å². The van der Waals surface area contributed by atoms with Gasteiger partial charge in [-0.3, -0.25) is 13.7 Å². The monoisotopic (exact) mass is 415 g/mol. The summed E-state index contributed by atoms with van der Waals surface area (Å²) in [6.45, 7) is 1.32. The van der Waals surface area contributed by atoms with E-state index in [-0.39, 0.29) is 0 Å². The number of hydrogen-bond acceptors (Lipinski definition) is 9. The lowest BCUT2D eigenvalue weighted by atomic mass is 9.76. The topological polar surface area (TPSA) is 203 Å². The van der Waals surface area contributed by atoms with Gasteiger partial charge in [-0.25, -0.2) is 8.37 Å². The molecule has 0 bridgehead atoms. The van der Waals surface area contributed by atoms with Crippen molar-refractivity contribution in [2.24, 2.45) is 5.41 Å². The molecular formula is C8H17NO12S3. The fourth-order valence-corrected chi connectivity index (χ4v) is 3.76. The predicted octanol–water partition coefficient (Wildman–Crippen LogP) is -1.82. The second-order valence-corrected chi connectivity index (χ2v) is 8.82. The lowest BCUT2D eigenvalue weighted by Gasteiger charge is -2.46. The first-order chi connectivity index (χ1) is 10.5. The highest BCUT2D eigenvalue weighted by Gasteiger charge is 2.50. The average Bonchev–Trinajstić information content (AvgIpc) is 2.28. The maximum Gasteiger partial charge on any atom is 0.397 e. The quantitative estimate of drug-likeness (QED) is 0.339. The van der Waals surface area contributed by atoms with E-state index in [0.29, 0.717) is 0 Å². The van der Waals surface area contributed by atoms with Crippen LogP contribution in [0.5, 0.6) is 0 Å². The van der Waals surface area contributed by atoms with E-state index in [9.17, 15) is 25.3 Å². The van der Waals surface area contributed by atoms with Gasteiger partial charge in [0.15, 0.2) is 0 Å². The normalized spacial score (nSPS) is 28.6. The summed E-state index contributed by atoms with van der Waals surface area (Å²) in [4.78, 5) is 0. The van der Waals surface area contributed by atoms with Gasteiger partial charge in [0.25, 0.3) is 0 Å². The van der Waals surface area contributed by atoms with E-state index in [1.54, 1.807) is 4.72 Å². The number of hydrogen-bond donors (Lipinski definition) is 4. The summed E-state index contributed by atoms with van der Waals surface area (Å²) in [5.41, 5.74) is -1.44. The van der Waals surface area contributed by atoms with Crippen LogP contribution < -0.4 is 4.72 Å². The summed E-state index contributed by atoms with van der Waals surface area (Å²) < 4.78 is 107. The second-order valence-electron chi connectivity index (χ2n) is 5.50. The fraction of sp³-hybridized carbons (Fsp3) is 1.00. The molecule has 0 aromatic rings. The molecule has 1 heterocycles. The highest BCUT2D eigenvalue weighted by atomic mass is 32.3. The molecule has 1 aliphatic rings. The molecule has 24 heavy (non-hydrogen) atoms. The molecular weight excluding hydrogens is 398 g/mol. The van der Waals surface area contributed by atoms with Gasteiger partial charge in [-0.1, -0.05) is 13.8 Å². The summed E-state index contributed by atoms with van der Waals surface area (Å²) in [6.07, 6.45) is -2.77. The van der Waals surface area contributed by atoms with Gasteiger partial charge in [-0.2, -0.15) is 30.0 Å². The predicted molar refractivity (Wildman–Crippen MR) is 75.9 cm³/mol. The Morgan fingerprint density at radius 1 is 1.08 bits per heavy atom. The fourth-order valence-electron chi connectivity index (χ4n) is 2.24. The van der Waals surface area contributed by atoms with Crippen LogP contribution in [0.4, 0.5) is 0 Å². The van der Waals surface area contributed by atoms with Crippen molar-refractivity contribution in [3.8, 4) is 0 Å². The molecule has 1 fully saturated rings. The number of rotatable bonds is 7. The van der Waals surface area contributed by atoms with Gasteiger partial charge < -0.3 is 4.74 Å². The van der Waals surface area contributed by atoms with Gasteiger partial charge in [0.2, 0.25) is 0 Å². The van der Waals surface area contributed by atoms with E-state index in [1.165, 1.54) is 13.8 Å². The van der Waals surface area contributed by atoms with E-state index < -0.39 is 68.0 Å². The van der Waals surface area contributed by atoms with Gasteiger partial charge >= 0.3 is 31.1 Å². The molecule has 0 radical (unpaired) electrons. The van der Waals surface area contributed by atoms with Crippen molar-refractivity contribution >= 4 is 31.1 Å². The molecule has 3 atom stereocenters. The van der Waals surface area contributed by atoms with E-state index >= 15 is 0 Å². The first-order valence-corrected chi connectivity index (χ1v) is 10.3. The minimum atomic E-state index is -5.03. The Hall–Kier alpha value is -0.430. The van der Waals surface area contributed by atoms with Crippen LogP contribution in [0.3, 0.4) is 0 Å². The van der Waals surface area contributed by atoms with Crippen LogP contribution in [0.15, 0.2) is 0 Å². The molecule has 0 spiro atoms. The van der Waals surface area contributed by atoms with E-state index in [4.69, 9.17) is 18.4 Å². The molecule has 0 aliphatic carbocycles. The zero-order valence-corrected chi connectivity index (χ0v) is 14.8. The Bertz CT molecular complexity index is 754. The third-order valence-electron chi connectivity index (χ3n) is 3.30. The molecule has 16 heteroatoms. The van der Waals surface area contributed by atoms with Crippen molar-refractivity contribution in [2.45, 2.75) is 32.1 Å². The summed E-state index contributed by atoms with van der Waals surface area (Å²) in [7, 11) is -14.6. The van der Waals surface area contributed by atoms with Crippen LogP contribution in [0.2, 0.25) is 0 Å². The summed E-state index contributed by atoms with van der Waals surface area (Å²) in [5.74, 6) is 0. The molecule has 1 rings (SSSR count). The van der Waals surface area contributed by atoms with Gasteiger partial charge in [-0.05, 0) is 0 Å². The molecule has 13 nitrogen and oxygen atoms in total. The van der Waals surface area contributed by atoms with Crippen LogP contribution in [0.25, 0.3) is 0 Å². The summed E-state index contributed by atoms with van der Waals surface area (Å²) in [6, 6.07) is -1.43. The van der Waals surface area contributed by atoms with Crippen molar-refractivity contribution in [1.29, 1.82) is 0 Å². The van der Waals surface area contributed by atoms with Crippen LogP contribution in [-0.2, 0) is 44.2 Å². The molecule has 0 amide bonds. The van der Waals surface area contributed by atoms with Crippen LogP contribution in [-0.4, -0.2) is 70.4 Å². The molecule has 3 unspecified atom stereocenters. The highest BCUT2D eigenvalue weighted by molar-refractivity contribution is 7.83. The Morgan fingerprint density at radius 2 is 1.62 bits per heavy atom. The Labute approximate surface area is 139 Å². The van der Waals surface area contributed by atoms with E-state index in [0.717, 1.165) is 0 Å². The standard InChI is InChI=1S/C8H17NO12S3/c1-8(2)6(4-20-23(13,14)15)19-3-5(9-22(10,11)12)7(8)21-24(16,17)18/h5-7,9H,3-4H2,1-2H3,(H,10,11,12)(H,13,14,15)(H,16,17,18). The maximum atomic E-state index is 11.0. The summed E-state index contributed by atoms with van der Waals surface area (Å²) in [5, 5.41) is 0. The Morgan fingerprint density at radius 3 is 2.04 bits per heavy atom. The van der Waals surface area contributed by atoms with Crippen molar-refractivity contribution in [2.75, 3.05) is 13.2 Å². The zero-order valence-electron chi connectivity index (χ0n) is 12.4. The Kier molecular flexibility index (Phi) is 6.36. The van der Waals surface area contributed by atoms with Crippen LogP contribution >= 0.6 is 0 Å². The Balaban J connectivity index is 3.11. The van der Waals surface area contributed by atoms with Crippen LogP contribution in [0, 0.1) is 5.41 Å². The van der Waals surface area contributed by atoms with Crippen molar-refractivity contribution in [3.05, 3.63) is 0 Å². The molecule has 0 aromatic carbocycles. The van der Waals surface area contributed by atoms with Gasteiger partial charge in [-0.15, -0.1) is 0 Å². The van der Waals surface area contributed by atoms with Gasteiger partial charge in [0.05, 0.1) is 25.4 Å². The van der Waals surface area contributed by atoms with E-state index in [1.807, 2.05) is 0 Å². The molecule has 1 aliphatic heterocycles. The lowest BCUT2D eigenvalue weighted by Crippen LogP contribution is -2.62. The first kappa shape index (κ1) is 21.6. The summed E-state index contributed by atoms with van der Waals surface area (Å²) >= 11 is 0. The third-order valence-corrected chi connectivity index (χ3v) is 4.78. The molecule has 1 saturated heterocycles.